The molecule has 0 heterocycles. The summed E-state index contributed by atoms with van der Waals surface area (Å²) in [7, 11) is 0. The molecule has 0 aliphatic rings. The van der Waals surface area contributed by atoms with Crippen LogP contribution in [0.3, 0.4) is 0 Å². The van der Waals surface area contributed by atoms with Crippen LogP contribution in [0.5, 0.6) is 0 Å². The van der Waals surface area contributed by atoms with Crippen LogP contribution in [0.4, 0.5) is 22.0 Å². The Bertz CT molecular complexity index is 1210. The van der Waals surface area contributed by atoms with Gasteiger partial charge in [0.1, 0.15) is 11.6 Å². The van der Waals surface area contributed by atoms with Crippen LogP contribution in [0.1, 0.15) is 18.9 Å². The van der Waals surface area contributed by atoms with Crippen molar-refractivity contribution in [3.63, 3.8) is 0 Å². The molecule has 0 N–H and O–H groups in total. The first-order valence-electron chi connectivity index (χ1n) is 10.2. The number of benzene rings is 4. The smallest absolute Gasteiger partial charge is 0.194 e. The zero-order valence-electron chi connectivity index (χ0n) is 17.2. The third kappa shape index (κ3) is 4.28. The summed E-state index contributed by atoms with van der Waals surface area (Å²) in [4.78, 5) is 0. The molecule has 0 unspecified atom stereocenters. The highest BCUT2D eigenvalue weighted by atomic mass is 19.2. The van der Waals surface area contributed by atoms with Gasteiger partial charge in [0.2, 0.25) is 0 Å². The van der Waals surface area contributed by atoms with E-state index in [4.69, 9.17) is 0 Å². The Kier molecular flexibility index (Phi) is 6.08. The molecule has 4 aromatic rings. The molecule has 162 valence electrons. The van der Waals surface area contributed by atoms with Gasteiger partial charge in [-0.2, -0.15) is 0 Å². The van der Waals surface area contributed by atoms with Gasteiger partial charge in [-0.3, -0.25) is 0 Å². The third-order valence-corrected chi connectivity index (χ3v) is 5.36. The molecule has 5 heteroatoms. The number of halogens is 5. The predicted octanol–water partition coefficient (Wildman–Crippen LogP) is 8.34. The van der Waals surface area contributed by atoms with Crippen molar-refractivity contribution < 1.29 is 22.0 Å². The highest BCUT2D eigenvalue weighted by molar-refractivity contribution is 5.74. The molecule has 0 atom stereocenters. The molecule has 0 saturated carbocycles. The van der Waals surface area contributed by atoms with Gasteiger partial charge in [-0.05, 0) is 64.1 Å². The minimum absolute atomic E-state index is 0.275. The first-order chi connectivity index (χ1) is 15.4. The second-order valence-corrected chi connectivity index (χ2v) is 7.59. The number of aryl methyl sites for hydroxylation is 1. The van der Waals surface area contributed by atoms with Crippen molar-refractivity contribution >= 4 is 0 Å². The molecule has 32 heavy (non-hydrogen) atoms. The van der Waals surface area contributed by atoms with Crippen molar-refractivity contribution in [2.45, 2.75) is 19.8 Å². The number of hydrogen-bond donors (Lipinski definition) is 0. The molecule has 0 spiro atoms. The lowest BCUT2D eigenvalue weighted by Gasteiger charge is -2.10. The van der Waals surface area contributed by atoms with Gasteiger partial charge in [0, 0.05) is 0 Å². The van der Waals surface area contributed by atoms with Crippen LogP contribution < -0.4 is 0 Å². The summed E-state index contributed by atoms with van der Waals surface area (Å²) in [6.45, 7) is 2.13. The lowest BCUT2D eigenvalue weighted by Crippen LogP contribution is -1.97. The topological polar surface area (TPSA) is 0 Å². The number of hydrogen-bond acceptors (Lipinski definition) is 0. The minimum atomic E-state index is -1.69. The molecule has 0 aliphatic carbocycles. The van der Waals surface area contributed by atoms with Gasteiger partial charge in [0.25, 0.3) is 0 Å². The van der Waals surface area contributed by atoms with Crippen LogP contribution in [0, 0.1) is 29.1 Å². The zero-order valence-corrected chi connectivity index (χ0v) is 17.2. The summed E-state index contributed by atoms with van der Waals surface area (Å²) in [5.74, 6) is -6.71. The fraction of sp³-hybridized carbons (Fsp3) is 0.111. The van der Waals surface area contributed by atoms with Crippen molar-refractivity contribution in [2.75, 3.05) is 0 Å². The lowest BCUT2D eigenvalue weighted by atomic mass is 9.96. The summed E-state index contributed by atoms with van der Waals surface area (Å²) >= 11 is 0. The molecule has 0 aliphatic heterocycles. The first-order valence-corrected chi connectivity index (χ1v) is 10.2. The van der Waals surface area contributed by atoms with Gasteiger partial charge in [0.05, 0.1) is 5.56 Å². The fourth-order valence-corrected chi connectivity index (χ4v) is 3.72. The van der Waals surface area contributed by atoms with Gasteiger partial charge in [0.15, 0.2) is 17.5 Å². The summed E-state index contributed by atoms with van der Waals surface area (Å²) in [6.07, 6.45) is 2.09. The van der Waals surface area contributed by atoms with Crippen LogP contribution in [-0.2, 0) is 6.42 Å². The van der Waals surface area contributed by atoms with E-state index in [1.807, 2.05) is 24.3 Å². The van der Waals surface area contributed by atoms with E-state index < -0.39 is 40.2 Å². The van der Waals surface area contributed by atoms with Crippen LogP contribution in [-0.4, -0.2) is 0 Å². The van der Waals surface area contributed by atoms with Crippen LogP contribution in [0.25, 0.3) is 33.4 Å². The summed E-state index contributed by atoms with van der Waals surface area (Å²) in [5.41, 5.74) is 3.09. The van der Waals surface area contributed by atoms with Gasteiger partial charge in [-0.15, -0.1) is 0 Å². The molecule has 4 aromatic carbocycles. The maximum atomic E-state index is 14.7. The maximum Gasteiger partial charge on any atom is 0.194 e. The monoisotopic (exact) mass is 438 g/mol. The van der Waals surface area contributed by atoms with E-state index in [0.29, 0.717) is 17.7 Å². The third-order valence-electron chi connectivity index (χ3n) is 5.36. The highest BCUT2D eigenvalue weighted by Crippen LogP contribution is 2.33. The van der Waals surface area contributed by atoms with E-state index in [0.717, 1.165) is 36.1 Å². The first kappa shape index (κ1) is 21.8. The maximum absolute atomic E-state index is 14.7. The molecule has 0 aromatic heterocycles. The van der Waals surface area contributed by atoms with Crippen LogP contribution >= 0.6 is 0 Å². The standard InChI is InChI=1S/C27H19F5/c1-2-3-16-4-6-17(7-5-16)18-8-10-19(11-9-18)20-12-22(28)26(23(29)13-20)21-14-24(30)27(32)25(31)15-21/h4-15H,2-3H2,1H3. The second-order valence-electron chi connectivity index (χ2n) is 7.59. The second kappa shape index (κ2) is 8.95. The van der Waals surface area contributed by atoms with Gasteiger partial charge >= 0.3 is 0 Å². The summed E-state index contributed by atoms with van der Waals surface area (Å²) in [6, 6.07) is 18.8. The normalized spacial score (nSPS) is 11.1. The fourth-order valence-electron chi connectivity index (χ4n) is 3.72. The Morgan fingerprint density at radius 3 is 1.38 bits per heavy atom. The van der Waals surface area contributed by atoms with Crippen LogP contribution in [0.2, 0.25) is 0 Å². The molecule has 0 amide bonds. The highest BCUT2D eigenvalue weighted by Gasteiger charge is 2.18. The predicted molar refractivity (Wildman–Crippen MR) is 117 cm³/mol. The van der Waals surface area contributed by atoms with E-state index in [1.165, 1.54) is 5.56 Å². The largest absolute Gasteiger partial charge is 0.206 e. The van der Waals surface area contributed by atoms with Gasteiger partial charge in [-0.25, -0.2) is 22.0 Å². The van der Waals surface area contributed by atoms with E-state index in [2.05, 4.69) is 19.1 Å². The molecule has 4 rings (SSSR count). The molecule has 0 radical (unpaired) electrons. The van der Waals surface area contributed by atoms with E-state index in [1.54, 1.807) is 12.1 Å². The summed E-state index contributed by atoms with van der Waals surface area (Å²) in [5, 5.41) is 0. The average Bonchev–Trinajstić information content (AvgIpc) is 2.78. The van der Waals surface area contributed by atoms with E-state index >= 15 is 0 Å². The van der Waals surface area contributed by atoms with Crippen molar-refractivity contribution in [3.05, 3.63) is 107 Å². The number of rotatable bonds is 5. The summed E-state index contributed by atoms with van der Waals surface area (Å²) < 4.78 is 69.6. The lowest BCUT2D eigenvalue weighted by molar-refractivity contribution is 0.447. The van der Waals surface area contributed by atoms with Gasteiger partial charge in [-0.1, -0.05) is 61.9 Å². The van der Waals surface area contributed by atoms with E-state index in [9.17, 15) is 22.0 Å². The Balaban J connectivity index is 1.65. The molecule has 0 nitrogen and oxygen atoms in total. The minimum Gasteiger partial charge on any atom is -0.206 e. The Morgan fingerprint density at radius 2 is 0.906 bits per heavy atom. The van der Waals surface area contributed by atoms with Crippen LogP contribution in [0.15, 0.2) is 72.8 Å². The van der Waals surface area contributed by atoms with E-state index in [-0.39, 0.29) is 5.56 Å². The quantitative estimate of drug-likeness (QED) is 0.217. The SMILES string of the molecule is CCCc1ccc(-c2ccc(-c3cc(F)c(-c4cc(F)c(F)c(F)c4)c(F)c3)cc2)cc1. The van der Waals surface area contributed by atoms with Crippen molar-refractivity contribution in [2.24, 2.45) is 0 Å². The average molecular weight is 438 g/mol. The Labute approximate surface area is 183 Å². The Hall–Kier alpha value is -3.47. The zero-order chi connectivity index (χ0) is 22.8. The molecular weight excluding hydrogens is 419 g/mol. The molecule has 0 bridgehead atoms. The Morgan fingerprint density at radius 1 is 0.500 bits per heavy atom. The molecule has 0 saturated heterocycles. The van der Waals surface area contributed by atoms with Gasteiger partial charge < -0.3 is 0 Å². The van der Waals surface area contributed by atoms with Crippen molar-refractivity contribution in [1.82, 2.24) is 0 Å². The van der Waals surface area contributed by atoms with Crippen molar-refractivity contribution in [1.29, 1.82) is 0 Å². The molecule has 0 fully saturated rings. The molecular formula is C27H19F5. The van der Waals surface area contributed by atoms with Crippen molar-refractivity contribution in [3.8, 4) is 33.4 Å².